The predicted molar refractivity (Wildman–Crippen MR) is 82.1 cm³/mol. The molecule has 0 radical (unpaired) electrons. The summed E-state index contributed by atoms with van der Waals surface area (Å²) < 4.78 is 2.90. The molecule has 0 aromatic carbocycles. The number of hydrogen-bond donors (Lipinski definition) is 0. The van der Waals surface area contributed by atoms with Gasteiger partial charge in [-0.2, -0.15) is 5.10 Å². The first-order valence-corrected chi connectivity index (χ1v) is 7.67. The monoisotopic (exact) mass is 341 g/mol. The van der Waals surface area contributed by atoms with Gasteiger partial charge in [0.05, 0.1) is 15.9 Å². The van der Waals surface area contributed by atoms with E-state index < -0.39 is 0 Å². The second-order valence-electron chi connectivity index (χ2n) is 4.61. The van der Waals surface area contributed by atoms with E-state index in [4.69, 9.17) is 11.6 Å². The van der Waals surface area contributed by atoms with E-state index in [1.807, 2.05) is 24.6 Å². The first-order valence-electron chi connectivity index (χ1n) is 6.34. The van der Waals surface area contributed by atoms with Gasteiger partial charge in [-0.25, -0.2) is 9.67 Å². The van der Waals surface area contributed by atoms with Crippen molar-refractivity contribution in [3.05, 3.63) is 39.3 Å². The topological polar surface area (TPSA) is 30.7 Å². The van der Waals surface area contributed by atoms with E-state index in [1.165, 1.54) is 0 Å². The third kappa shape index (κ3) is 3.00. The Bertz CT molecular complexity index is 593. The minimum atomic E-state index is 0.493. The fourth-order valence-corrected chi connectivity index (χ4v) is 2.45. The number of halogens is 2. The zero-order valence-corrected chi connectivity index (χ0v) is 13.7. The van der Waals surface area contributed by atoms with E-state index in [-0.39, 0.29) is 0 Å². The summed E-state index contributed by atoms with van der Waals surface area (Å²) in [5, 5.41) is 4.52. The van der Waals surface area contributed by atoms with Gasteiger partial charge in [0.1, 0.15) is 0 Å². The Hall–Kier alpha value is -0.870. The van der Waals surface area contributed by atoms with Crippen molar-refractivity contribution in [3.8, 4) is 5.82 Å². The van der Waals surface area contributed by atoms with Crippen molar-refractivity contribution in [1.29, 1.82) is 0 Å². The maximum Gasteiger partial charge on any atom is 0.154 e. The molecule has 0 unspecified atom stereocenters. The smallest absolute Gasteiger partial charge is 0.154 e. The van der Waals surface area contributed by atoms with Gasteiger partial charge in [-0.05, 0) is 53.9 Å². The van der Waals surface area contributed by atoms with Crippen LogP contribution in [0.2, 0.25) is 0 Å². The first kappa shape index (κ1) is 14.5. The maximum atomic E-state index is 5.97. The average molecular weight is 343 g/mol. The quantitative estimate of drug-likeness (QED) is 0.774. The number of rotatable bonds is 4. The molecule has 0 saturated carbocycles. The van der Waals surface area contributed by atoms with Gasteiger partial charge in [0, 0.05) is 11.6 Å². The molecule has 102 valence electrons. The standard InChI is InChI=1S/C14H17BrClN3/c1-4-5-12-6-11(8-16)7-13(17-12)19-10(3)14(15)9(2)18-19/h6-7H,4-5,8H2,1-3H3. The van der Waals surface area contributed by atoms with Crippen molar-refractivity contribution in [2.24, 2.45) is 0 Å². The minimum absolute atomic E-state index is 0.493. The molecule has 0 aliphatic rings. The highest BCUT2D eigenvalue weighted by molar-refractivity contribution is 9.10. The summed E-state index contributed by atoms with van der Waals surface area (Å²) in [6, 6.07) is 4.07. The molecule has 0 N–H and O–H groups in total. The van der Waals surface area contributed by atoms with Crippen molar-refractivity contribution in [2.75, 3.05) is 0 Å². The Morgan fingerprint density at radius 1 is 1.32 bits per heavy atom. The second kappa shape index (κ2) is 6.06. The van der Waals surface area contributed by atoms with Crippen molar-refractivity contribution in [2.45, 2.75) is 39.5 Å². The molecule has 2 heterocycles. The molecule has 2 rings (SSSR count). The lowest BCUT2D eigenvalue weighted by atomic mass is 10.2. The Morgan fingerprint density at radius 2 is 2.05 bits per heavy atom. The molecular weight excluding hydrogens is 326 g/mol. The molecule has 0 aliphatic heterocycles. The Kier molecular flexibility index (Phi) is 4.63. The number of aromatic nitrogens is 3. The predicted octanol–water partition coefficient (Wildman–Crippen LogP) is 4.34. The van der Waals surface area contributed by atoms with E-state index in [2.05, 4.69) is 39.0 Å². The molecule has 0 bridgehead atoms. The van der Waals surface area contributed by atoms with Crippen LogP contribution in [0.15, 0.2) is 16.6 Å². The van der Waals surface area contributed by atoms with Crippen LogP contribution >= 0.6 is 27.5 Å². The molecular formula is C14H17BrClN3. The zero-order chi connectivity index (χ0) is 14.0. The van der Waals surface area contributed by atoms with E-state index in [0.29, 0.717) is 5.88 Å². The molecule has 2 aromatic rings. The van der Waals surface area contributed by atoms with Crippen LogP contribution in [-0.4, -0.2) is 14.8 Å². The van der Waals surface area contributed by atoms with Gasteiger partial charge in [0.25, 0.3) is 0 Å². The fourth-order valence-electron chi connectivity index (χ4n) is 2.05. The van der Waals surface area contributed by atoms with Crippen LogP contribution < -0.4 is 0 Å². The summed E-state index contributed by atoms with van der Waals surface area (Å²) in [5.41, 5.74) is 4.17. The van der Waals surface area contributed by atoms with Gasteiger partial charge in [-0.15, -0.1) is 11.6 Å². The molecule has 0 aliphatic carbocycles. The highest BCUT2D eigenvalue weighted by atomic mass is 79.9. The van der Waals surface area contributed by atoms with E-state index in [0.717, 1.165) is 45.8 Å². The number of nitrogens with zero attached hydrogens (tertiary/aromatic N) is 3. The second-order valence-corrected chi connectivity index (χ2v) is 5.67. The Labute approximate surface area is 127 Å². The molecule has 0 saturated heterocycles. The third-order valence-corrected chi connectivity index (χ3v) is 4.46. The van der Waals surface area contributed by atoms with Crippen LogP contribution in [0.5, 0.6) is 0 Å². The summed E-state index contributed by atoms with van der Waals surface area (Å²) in [4.78, 5) is 4.68. The Morgan fingerprint density at radius 3 is 2.58 bits per heavy atom. The molecule has 0 amide bonds. The SMILES string of the molecule is CCCc1cc(CCl)cc(-n2nc(C)c(Br)c2C)n1. The summed E-state index contributed by atoms with van der Waals surface area (Å²) >= 11 is 9.51. The largest absolute Gasteiger partial charge is 0.234 e. The van der Waals surface area contributed by atoms with Crippen molar-refractivity contribution >= 4 is 27.5 Å². The maximum absolute atomic E-state index is 5.97. The highest BCUT2D eigenvalue weighted by Gasteiger charge is 2.12. The lowest BCUT2D eigenvalue weighted by Crippen LogP contribution is -2.05. The van der Waals surface area contributed by atoms with Crippen LogP contribution in [0, 0.1) is 13.8 Å². The van der Waals surface area contributed by atoms with Gasteiger partial charge < -0.3 is 0 Å². The van der Waals surface area contributed by atoms with Gasteiger partial charge in [-0.1, -0.05) is 13.3 Å². The number of aryl methyl sites for hydroxylation is 2. The summed E-state index contributed by atoms with van der Waals surface area (Å²) in [7, 11) is 0. The molecule has 0 atom stereocenters. The van der Waals surface area contributed by atoms with Gasteiger partial charge in [-0.3, -0.25) is 0 Å². The third-order valence-electron chi connectivity index (χ3n) is 3.01. The van der Waals surface area contributed by atoms with Crippen molar-refractivity contribution in [1.82, 2.24) is 14.8 Å². The fraction of sp³-hybridized carbons (Fsp3) is 0.429. The zero-order valence-electron chi connectivity index (χ0n) is 11.4. The molecule has 5 heteroatoms. The number of alkyl halides is 1. The van der Waals surface area contributed by atoms with Crippen molar-refractivity contribution < 1.29 is 0 Å². The summed E-state index contributed by atoms with van der Waals surface area (Å²) in [5.74, 6) is 1.33. The lowest BCUT2D eigenvalue weighted by Gasteiger charge is -2.08. The molecule has 0 spiro atoms. The van der Waals surface area contributed by atoms with Crippen LogP contribution in [0.4, 0.5) is 0 Å². The lowest BCUT2D eigenvalue weighted by molar-refractivity contribution is 0.783. The summed E-state index contributed by atoms with van der Waals surface area (Å²) in [6.45, 7) is 6.15. The van der Waals surface area contributed by atoms with Gasteiger partial charge >= 0.3 is 0 Å². The normalized spacial score (nSPS) is 11.0. The van der Waals surface area contributed by atoms with Crippen molar-refractivity contribution in [3.63, 3.8) is 0 Å². The van der Waals surface area contributed by atoms with Gasteiger partial charge in [0.15, 0.2) is 5.82 Å². The van der Waals surface area contributed by atoms with Crippen LogP contribution in [0.1, 0.15) is 36.0 Å². The molecule has 3 nitrogen and oxygen atoms in total. The molecule has 0 fully saturated rings. The first-order chi connectivity index (χ1) is 9.06. The van der Waals surface area contributed by atoms with Crippen LogP contribution in [-0.2, 0) is 12.3 Å². The average Bonchev–Trinajstić information content (AvgIpc) is 2.66. The van der Waals surface area contributed by atoms with E-state index in [9.17, 15) is 0 Å². The number of hydrogen-bond acceptors (Lipinski definition) is 2. The van der Waals surface area contributed by atoms with Crippen LogP contribution in [0.3, 0.4) is 0 Å². The van der Waals surface area contributed by atoms with E-state index >= 15 is 0 Å². The highest BCUT2D eigenvalue weighted by Crippen LogP contribution is 2.23. The number of pyridine rings is 1. The Balaban J connectivity index is 2.54. The van der Waals surface area contributed by atoms with Crippen LogP contribution in [0.25, 0.3) is 5.82 Å². The molecule has 19 heavy (non-hydrogen) atoms. The minimum Gasteiger partial charge on any atom is -0.234 e. The summed E-state index contributed by atoms with van der Waals surface area (Å²) in [6.07, 6.45) is 2.02. The van der Waals surface area contributed by atoms with Gasteiger partial charge in [0.2, 0.25) is 0 Å². The van der Waals surface area contributed by atoms with E-state index in [1.54, 1.807) is 0 Å². The molecule has 2 aromatic heterocycles.